The fourth-order valence-corrected chi connectivity index (χ4v) is 4.06. The van der Waals surface area contributed by atoms with Crippen LogP contribution in [0.15, 0.2) is 90.5 Å². The molecule has 0 saturated carbocycles. The Hall–Kier alpha value is -2.54. The Bertz CT molecular complexity index is 825. The normalized spacial score (nSPS) is 21.8. The van der Waals surface area contributed by atoms with Crippen LogP contribution in [-0.4, -0.2) is 6.54 Å². The number of rotatable bonds is 2. The van der Waals surface area contributed by atoms with Crippen molar-refractivity contribution in [3.63, 3.8) is 0 Å². The van der Waals surface area contributed by atoms with E-state index in [0.717, 1.165) is 13.0 Å². The zero-order valence-corrected chi connectivity index (χ0v) is 15.0. The number of allylic oxidation sites excluding steroid dienone is 5. The predicted molar refractivity (Wildman–Crippen MR) is 107 cm³/mol. The standard InChI is InChI=1S/C24H25N/c1-24(2)17-18-25(20-13-7-4-8-14-20)23(19-11-5-3-6-12-19)21-15-9-10-16-22(21)24/h3-16,22H,17-18H2,1-2H3. The van der Waals surface area contributed by atoms with Crippen molar-refractivity contribution in [1.82, 2.24) is 0 Å². The zero-order valence-electron chi connectivity index (χ0n) is 15.0. The smallest absolute Gasteiger partial charge is 0.0523 e. The second kappa shape index (κ2) is 6.40. The number of hydrogen-bond acceptors (Lipinski definition) is 1. The van der Waals surface area contributed by atoms with Crippen LogP contribution in [0.25, 0.3) is 5.70 Å². The third-order valence-corrected chi connectivity index (χ3v) is 5.51. The summed E-state index contributed by atoms with van der Waals surface area (Å²) in [6.45, 7) is 5.83. The summed E-state index contributed by atoms with van der Waals surface area (Å²) in [5, 5.41) is 0. The van der Waals surface area contributed by atoms with Gasteiger partial charge in [0.2, 0.25) is 0 Å². The van der Waals surface area contributed by atoms with E-state index in [2.05, 4.69) is 104 Å². The largest absolute Gasteiger partial charge is 0.341 e. The summed E-state index contributed by atoms with van der Waals surface area (Å²) in [5.41, 5.74) is 5.58. The molecule has 2 aromatic rings. The molecule has 1 aliphatic carbocycles. The first kappa shape index (κ1) is 16.0. The van der Waals surface area contributed by atoms with E-state index in [1.54, 1.807) is 0 Å². The summed E-state index contributed by atoms with van der Waals surface area (Å²) in [5.74, 6) is 0.446. The second-order valence-corrected chi connectivity index (χ2v) is 7.62. The summed E-state index contributed by atoms with van der Waals surface area (Å²) < 4.78 is 0. The first-order chi connectivity index (χ1) is 12.2. The van der Waals surface area contributed by atoms with Crippen LogP contribution in [0.2, 0.25) is 0 Å². The third kappa shape index (κ3) is 2.95. The zero-order chi connectivity index (χ0) is 17.3. The van der Waals surface area contributed by atoms with Gasteiger partial charge in [-0.1, -0.05) is 86.7 Å². The molecule has 1 unspecified atom stereocenters. The van der Waals surface area contributed by atoms with Gasteiger partial charge >= 0.3 is 0 Å². The van der Waals surface area contributed by atoms with Crippen molar-refractivity contribution in [2.45, 2.75) is 20.3 Å². The van der Waals surface area contributed by atoms with Crippen LogP contribution in [0, 0.1) is 11.3 Å². The molecule has 1 atom stereocenters. The third-order valence-electron chi connectivity index (χ3n) is 5.51. The molecule has 0 bridgehead atoms. The molecule has 2 aliphatic rings. The quantitative estimate of drug-likeness (QED) is 0.646. The van der Waals surface area contributed by atoms with Crippen LogP contribution in [0.1, 0.15) is 25.8 Å². The Morgan fingerprint density at radius 2 is 1.56 bits per heavy atom. The molecule has 1 aliphatic heterocycles. The lowest BCUT2D eigenvalue weighted by atomic mass is 9.71. The van der Waals surface area contributed by atoms with Crippen LogP contribution in [0.3, 0.4) is 0 Å². The minimum absolute atomic E-state index is 0.236. The highest BCUT2D eigenvalue weighted by molar-refractivity contribution is 5.84. The summed E-state index contributed by atoms with van der Waals surface area (Å²) in [6, 6.07) is 21.6. The lowest BCUT2D eigenvalue weighted by Gasteiger charge is -2.32. The number of nitrogens with zero attached hydrogens (tertiary/aromatic N) is 1. The molecule has 0 aromatic heterocycles. The number of fused-ring (bicyclic) bond motifs is 1. The maximum atomic E-state index is 2.51. The van der Waals surface area contributed by atoms with Gasteiger partial charge in [-0.3, -0.25) is 0 Å². The van der Waals surface area contributed by atoms with Gasteiger partial charge in [-0.2, -0.15) is 0 Å². The lowest BCUT2D eigenvalue weighted by Crippen LogP contribution is -2.26. The molecule has 1 heterocycles. The fourth-order valence-electron chi connectivity index (χ4n) is 4.06. The van der Waals surface area contributed by atoms with E-state index in [4.69, 9.17) is 0 Å². The average molecular weight is 327 g/mol. The molecule has 2 aromatic carbocycles. The van der Waals surface area contributed by atoms with Crippen molar-refractivity contribution in [2.24, 2.45) is 11.3 Å². The van der Waals surface area contributed by atoms with Gasteiger partial charge < -0.3 is 4.90 Å². The predicted octanol–water partition coefficient (Wildman–Crippen LogP) is 6.08. The van der Waals surface area contributed by atoms with Gasteiger partial charge in [0.15, 0.2) is 0 Å². The van der Waals surface area contributed by atoms with E-state index < -0.39 is 0 Å². The van der Waals surface area contributed by atoms with Crippen LogP contribution >= 0.6 is 0 Å². The van der Waals surface area contributed by atoms with Gasteiger partial charge in [-0.25, -0.2) is 0 Å². The molecule has 126 valence electrons. The van der Waals surface area contributed by atoms with Crippen molar-refractivity contribution < 1.29 is 0 Å². The minimum atomic E-state index is 0.236. The highest BCUT2D eigenvalue weighted by Gasteiger charge is 2.36. The fraction of sp³-hybridized carbons (Fsp3) is 0.250. The van der Waals surface area contributed by atoms with Gasteiger partial charge in [0.05, 0.1) is 5.70 Å². The monoisotopic (exact) mass is 327 g/mol. The SMILES string of the molecule is CC1(C)CCN(c2ccccc2)C(c2ccccc2)=C2C=CC=CC21. The summed E-state index contributed by atoms with van der Waals surface area (Å²) in [7, 11) is 0. The van der Waals surface area contributed by atoms with Crippen molar-refractivity contribution >= 4 is 11.4 Å². The Labute approximate surface area is 151 Å². The van der Waals surface area contributed by atoms with E-state index in [1.807, 2.05) is 0 Å². The van der Waals surface area contributed by atoms with Crippen molar-refractivity contribution in [1.29, 1.82) is 0 Å². The van der Waals surface area contributed by atoms with Crippen molar-refractivity contribution in [2.75, 3.05) is 11.4 Å². The average Bonchev–Trinajstić information content (AvgIpc) is 2.78. The molecule has 1 heteroatoms. The summed E-state index contributed by atoms with van der Waals surface area (Å²) in [4.78, 5) is 2.51. The molecule has 4 rings (SSSR count). The van der Waals surface area contributed by atoms with Crippen molar-refractivity contribution in [3.8, 4) is 0 Å². The van der Waals surface area contributed by atoms with Crippen LogP contribution in [0.5, 0.6) is 0 Å². The molecular formula is C24H25N. The van der Waals surface area contributed by atoms with Crippen LogP contribution in [-0.2, 0) is 0 Å². The van der Waals surface area contributed by atoms with Gasteiger partial charge in [-0.05, 0) is 35.1 Å². The van der Waals surface area contributed by atoms with E-state index in [0.29, 0.717) is 5.92 Å². The number of anilines is 1. The maximum Gasteiger partial charge on any atom is 0.0523 e. The summed E-state index contributed by atoms with van der Waals surface area (Å²) >= 11 is 0. The Kier molecular flexibility index (Phi) is 4.09. The van der Waals surface area contributed by atoms with E-state index in [9.17, 15) is 0 Å². The van der Waals surface area contributed by atoms with Crippen LogP contribution in [0.4, 0.5) is 5.69 Å². The maximum absolute atomic E-state index is 2.51. The lowest BCUT2D eigenvalue weighted by molar-refractivity contribution is 0.281. The molecule has 0 radical (unpaired) electrons. The molecule has 1 nitrogen and oxygen atoms in total. The Balaban J connectivity index is 1.96. The van der Waals surface area contributed by atoms with E-state index >= 15 is 0 Å². The van der Waals surface area contributed by atoms with Gasteiger partial charge in [0.1, 0.15) is 0 Å². The van der Waals surface area contributed by atoms with Gasteiger partial charge in [0.25, 0.3) is 0 Å². The molecule has 0 N–H and O–H groups in total. The molecule has 0 fully saturated rings. The number of benzene rings is 2. The highest BCUT2D eigenvalue weighted by Crippen LogP contribution is 2.46. The molecule has 25 heavy (non-hydrogen) atoms. The molecule has 0 saturated heterocycles. The first-order valence-corrected chi connectivity index (χ1v) is 9.14. The Morgan fingerprint density at radius 1 is 0.880 bits per heavy atom. The highest BCUT2D eigenvalue weighted by atomic mass is 15.1. The Morgan fingerprint density at radius 3 is 2.28 bits per heavy atom. The van der Waals surface area contributed by atoms with Crippen LogP contribution < -0.4 is 4.90 Å². The molecule has 0 amide bonds. The molecular weight excluding hydrogens is 302 g/mol. The molecule has 0 spiro atoms. The van der Waals surface area contributed by atoms with Gasteiger partial charge in [-0.15, -0.1) is 0 Å². The topological polar surface area (TPSA) is 3.24 Å². The second-order valence-electron chi connectivity index (χ2n) is 7.62. The van der Waals surface area contributed by atoms with E-state index in [-0.39, 0.29) is 5.41 Å². The minimum Gasteiger partial charge on any atom is -0.341 e. The number of para-hydroxylation sites is 1. The van der Waals surface area contributed by atoms with Crippen molar-refractivity contribution in [3.05, 3.63) is 96.1 Å². The number of hydrogen-bond donors (Lipinski definition) is 0. The van der Waals surface area contributed by atoms with E-state index in [1.165, 1.54) is 22.5 Å². The van der Waals surface area contributed by atoms with Gasteiger partial charge in [0, 0.05) is 18.2 Å². The first-order valence-electron chi connectivity index (χ1n) is 9.14. The summed E-state index contributed by atoms with van der Waals surface area (Å²) in [6.07, 6.45) is 10.2.